The van der Waals surface area contributed by atoms with Crippen LogP contribution in [0.4, 0.5) is 27.1 Å². The average molecular weight is 512 g/mol. The van der Waals surface area contributed by atoms with E-state index in [4.69, 9.17) is 14.7 Å². The van der Waals surface area contributed by atoms with E-state index in [-0.39, 0.29) is 11.8 Å². The maximum Gasteiger partial charge on any atom is 0.350 e. The number of nitrogens with one attached hydrogen (secondary N) is 2. The first kappa shape index (κ1) is 24.4. The fourth-order valence-electron chi connectivity index (χ4n) is 4.59. The zero-order valence-corrected chi connectivity index (χ0v) is 21.3. The summed E-state index contributed by atoms with van der Waals surface area (Å²) in [7, 11) is 0. The van der Waals surface area contributed by atoms with E-state index in [9.17, 15) is 9.18 Å². The lowest BCUT2D eigenvalue weighted by Crippen LogP contribution is -2.45. The maximum absolute atomic E-state index is 13.5. The number of halogens is 1. The molecule has 1 aromatic carbocycles. The summed E-state index contributed by atoms with van der Waals surface area (Å²) in [5.41, 5.74) is 2.77. The lowest BCUT2D eigenvalue weighted by molar-refractivity contribution is 0.0531. The second-order valence-electron chi connectivity index (χ2n) is 8.84. The van der Waals surface area contributed by atoms with Crippen molar-refractivity contribution in [1.82, 2.24) is 20.3 Å². The highest BCUT2D eigenvalue weighted by Crippen LogP contribution is 2.35. The van der Waals surface area contributed by atoms with Gasteiger partial charge in [0.15, 0.2) is 5.13 Å². The average Bonchev–Trinajstić information content (AvgIpc) is 3.26. The number of carbonyl (C=O) groups is 1. The molecule has 2 N–H and O–H groups in total. The van der Waals surface area contributed by atoms with Gasteiger partial charge >= 0.3 is 5.97 Å². The fraction of sp³-hybridized carbons (Fsp3) is 0.440. The first-order valence-electron chi connectivity index (χ1n) is 12.3. The quantitative estimate of drug-likeness (QED) is 0.461. The number of hydrogen-bond acceptors (Lipinski definition) is 10. The second kappa shape index (κ2) is 10.8. The summed E-state index contributed by atoms with van der Waals surface area (Å²) in [4.78, 5) is 31.6. The number of anilines is 4. The summed E-state index contributed by atoms with van der Waals surface area (Å²) < 4.78 is 18.6. The number of thiazole rings is 1. The van der Waals surface area contributed by atoms with Crippen molar-refractivity contribution in [2.45, 2.75) is 33.2 Å². The number of piperazine rings is 1. The van der Waals surface area contributed by atoms with E-state index in [0.717, 1.165) is 68.3 Å². The minimum absolute atomic E-state index is 0.242. The van der Waals surface area contributed by atoms with Crippen LogP contribution in [-0.4, -0.2) is 60.3 Å². The van der Waals surface area contributed by atoms with Crippen molar-refractivity contribution in [3.63, 3.8) is 0 Å². The van der Waals surface area contributed by atoms with Crippen LogP contribution in [0.2, 0.25) is 0 Å². The van der Waals surface area contributed by atoms with E-state index in [1.54, 1.807) is 13.8 Å². The van der Waals surface area contributed by atoms with Crippen LogP contribution in [0.3, 0.4) is 0 Å². The topological polar surface area (TPSA) is 95.5 Å². The molecule has 1 saturated heterocycles. The summed E-state index contributed by atoms with van der Waals surface area (Å²) in [6.45, 7) is 8.89. The van der Waals surface area contributed by atoms with Gasteiger partial charge in [-0.05, 0) is 44.4 Å². The third-order valence-corrected chi connectivity index (χ3v) is 7.35. The number of aryl methyl sites for hydroxylation is 1. The van der Waals surface area contributed by atoms with Crippen LogP contribution < -0.4 is 20.4 Å². The molecule has 0 atom stereocenters. The summed E-state index contributed by atoms with van der Waals surface area (Å²) in [6.07, 6.45) is 1.90. The highest BCUT2D eigenvalue weighted by Gasteiger charge is 2.27. The van der Waals surface area contributed by atoms with Crippen molar-refractivity contribution in [2.75, 3.05) is 54.4 Å². The van der Waals surface area contributed by atoms with Gasteiger partial charge < -0.3 is 19.9 Å². The van der Waals surface area contributed by atoms with E-state index in [0.29, 0.717) is 34.8 Å². The molecular weight excluding hydrogens is 481 g/mol. The van der Waals surface area contributed by atoms with Crippen molar-refractivity contribution < 1.29 is 13.9 Å². The predicted octanol–water partition coefficient (Wildman–Crippen LogP) is 3.66. The molecule has 0 saturated carbocycles. The van der Waals surface area contributed by atoms with Crippen molar-refractivity contribution >= 4 is 40.0 Å². The molecular formula is C25H30FN7O2S. The molecule has 9 nitrogen and oxygen atoms in total. The van der Waals surface area contributed by atoms with Crippen LogP contribution in [0.1, 0.15) is 39.8 Å². The number of nitrogens with zero attached hydrogens (tertiary/aromatic N) is 5. The highest BCUT2D eigenvalue weighted by molar-refractivity contribution is 7.17. The smallest absolute Gasteiger partial charge is 0.350 e. The number of carbonyl (C=O) groups excluding carboxylic acids is 1. The molecule has 4 heterocycles. The minimum atomic E-state index is -0.376. The zero-order valence-electron chi connectivity index (χ0n) is 20.5. The van der Waals surface area contributed by atoms with Gasteiger partial charge in [0.05, 0.1) is 12.3 Å². The monoisotopic (exact) mass is 511 g/mol. The fourth-order valence-corrected chi connectivity index (χ4v) is 5.44. The van der Waals surface area contributed by atoms with Crippen LogP contribution in [0.15, 0.2) is 24.3 Å². The molecule has 0 radical (unpaired) electrons. The van der Waals surface area contributed by atoms with Crippen LogP contribution in [0.5, 0.6) is 0 Å². The molecule has 0 spiro atoms. The Bertz CT molecular complexity index is 1230. The first-order valence-corrected chi connectivity index (χ1v) is 13.1. The van der Waals surface area contributed by atoms with Crippen molar-refractivity contribution in [3.05, 3.63) is 51.8 Å². The summed E-state index contributed by atoms with van der Waals surface area (Å²) in [6, 6.07) is 6.61. The molecule has 1 fully saturated rings. The van der Waals surface area contributed by atoms with Gasteiger partial charge in [0.25, 0.3) is 0 Å². The van der Waals surface area contributed by atoms with Gasteiger partial charge in [0, 0.05) is 44.8 Å². The molecule has 3 aromatic rings. The zero-order chi connectivity index (χ0) is 25.1. The largest absolute Gasteiger partial charge is 0.462 e. The Morgan fingerprint density at radius 3 is 2.64 bits per heavy atom. The normalized spacial score (nSPS) is 15.5. The second-order valence-corrected chi connectivity index (χ2v) is 9.84. The number of hydrogen-bond donors (Lipinski definition) is 2. The molecule has 11 heteroatoms. The first-order chi connectivity index (χ1) is 17.5. The van der Waals surface area contributed by atoms with Gasteiger partial charge in [0.2, 0.25) is 5.95 Å². The minimum Gasteiger partial charge on any atom is -0.462 e. The number of ether oxygens (including phenoxy) is 1. The van der Waals surface area contributed by atoms with E-state index in [1.807, 2.05) is 12.1 Å². The van der Waals surface area contributed by atoms with Gasteiger partial charge in [-0.15, -0.1) is 0 Å². The Kier molecular flexibility index (Phi) is 7.28. The molecule has 0 amide bonds. The Hall–Kier alpha value is -3.31. The molecule has 190 valence electrons. The van der Waals surface area contributed by atoms with E-state index in [2.05, 4.69) is 25.4 Å². The number of esters is 1. The van der Waals surface area contributed by atoms with Gasteiger partial charge in [-0.2, -0.15) is 9.97 Å². The summed E-state index contributed by atoms with van der Waals surface area (Å²) in [5, 5.41) is 7.19. The van der Waals surface area contributed by atoms with Crippen LogP contribution in [-0.2, 0) is 17.7 Å². The van der Waals surface area contributed by atoms with E-state index in [1.165, 1.54) is 23.5 Å². The number of fused-ring (bicyclic) bond motifs is 1. The van der Waals surface area contributed by atoms with Crippen molar-refractivity contribution in [3.8, 4) is 0 Å². The number of aromatic nitrogens is 3. The van der Waals surface area contributed by atoms with Gasteiger partial charge in [0.1, 0.15) is 22.3 Å². The SMILES string of the molecule is CCOC(=O)c1sc(Nc2nc(N3CCNCC3)c3c(n2)N(Cc2ccc(F)cc2)CCC3)nc1C. The van der Waals surface area contributed by atoms with Gasteiger partial charge in [-0.1, -0.05) is 23.5 Å². The van der Waals surface area contributed by atoms with Crippen LogP contribution in [0, 0.1) is 12.7 Å². The molecule has 0 bridgehead atoms. The van der Waals surface area contributed by atoms with Gasteiger partial charge in [-0.25, -0.2) is 14.2 Å². The van der Waals surface area contributed by atoms with E-state index < -0.39 is 0 Å². The Balaban J connectivity index is 1.49. The highest BCUT2D eigenvalue weighted by atomic mass is 32.1. The van der Waals surface area contributed by atoms with Crippen LogP contribution >= 0.6 is 11.3 Å². The van der Waals surface area contributed by atoms with Crippen LogP contribution in [0.25, 0.3) is 0 Å². The molecule has 36 heavy (non-hydrogen) atoms. The summed E-state index contributed by atoms with van der Waals surface area (Å²) in [5.74, 6) is 1.65. The Morgan fingerprint density at radius 2 is 1.89 bits per heavy atom. The maximum atomic E-state index is 13.5. The summed E-state index contributed by atoms with van der Waals surface area (Å²) >= 11 is 1.24. The van der Waals surface area contributed by atoms with Crippen molar-refractivity contribution in [2.24, 2.45) is 0 Å². The lowest BCUT2D eigenvalue weighted by Gasteiger charge is -2.35. The van der Waals surface area contributed by atoms with Crippen molar-refractivity contribution in [1.29, 1.82) is 0 Å². The Labute approximate surface area is 213 Å². The Morgan fingerprint density at radius 1 is 1.14 bits per heavy atom. The lowest BCUT2D eigenvalue weighted by atomic mass is 10.0. The number of rotatable bonds is 7. The number of benzene rings is 1. The molecule has 2 aliphatic rings. The standard InChI is InChI=1S/C25H30FN7O2S/c1-3-35-23(34)20-16(2)28-25(36-20)31-24-29-21(32-13-10-27-11-14-32)19-5-4-12-33(22(19)30-24)15-17-6-8-18(26)9-7-17/h6-9,27H,3-5,10-15H2,1-2H3,(H,28,29,30,31). The van der Waals surface area contributed by atoms with E-state index >= 15 is 0 Å². The van der Waals surface area contributed by atoms with Gasteiger partial charge in [-0.3, -0.25) is 5.32 Å². The molecule has 2 aliphatic heterocycles. The predicted molar refractivity (Wildman–Crippen MR) is 139 cm³/mol. The molecule has 5 rings (SSSR count). The molecule has 0 aliphatic carbocycles. The molecule has 0 unspecified atom stereocenters. The third-order valence-electron chi connectivity index (χ3n) is 6.30. The third kappa shape index (κ3) is 5.26. The molecule has 2 aromatic heterocycles.